The summed E-state index contributed by atoms with van der Waals surface area (Å²) in [6, 6.07) is 17.0. The summed E-state index contributed by atoms with van der Waals surface area (Å²) in [6.45, 7) is 1.88. The van der Waals surface area contributed by atoms with E-state index in [-0.39, 0.29) is 11.9 Å². The normalized spacial score (nSPS) is 18.3. The molecule has 0 fully saturated rings. The molecule has 3 aromatic rings. The Morgan fingerprint density at radius 1 is 1.15 bits per heavy atom. The van der Waals surface area contributed by atoms with Crippen LogP contribution in [-0.2, 0) is 4.79 Å². The van der Waals surface area contributed by atoms with E-state index >= 15 is 0 Å². The SMILES string of the molecule is COc1ccccc1NC(=O)[C@H]1Sc2nnc(C)n2N[C@@H]1c1ccccc1. The molecule has 1 aromatic heterocycles. The van der Waals surface area contributed by atoms with Gasteiger partial charge in [-0.2, -0.15) is 0 Å². The van der Waals surface area contributed by atoms with Gasteiger partial charge >= 0.3 is 0 Å². The number of hydrogen-bond acceptors (Lipinski definition) is 6. The Balaban J connectivity index is 1.66. The van der Waals surface area contributed by atoms with Gasteiger partial charge in [0.25, 0.3) is 0 Å². The van der Waals surface area contributed by atoms with Crippen molar-refractivity contribution in [1.29, 1.82) is 0 Å². The molecule has 0 bridgehead atoms. The topological polar surface area (TPSA) is 81.1 Å². The standard InChI is InChI=1S/C19H19N5O2S/c1-12-21-22-19-24(12)23-16(13-8-4-3-5-9-13)17(27-19)18(25)20-14-10-6-7-11-15(14)26-2/h3-11,16-17,23H,1-2H3,(H,20,25)/t16-,17+/m1/s1. The third-order valence-electron chi connectivity index (χ3n) is 4.38. The Morgan fingerprint density at radius 3 is 2.67 bits per heavy atom. The summed E-state index contributed by atoms with van der Waals surface area (Å²) in [4.78, 5) is 13.2. The summed E-state index contributed by atoms with van der Waals surface area (Å²) in [5.41, 5.74) is 5.04. The van der Waals surface area contributed by atoms with E-state index < -0.39 is 5.25 Å². The van der Waals surface area contributed by atoms with Gasteiger partial charge in [-0.15, -0.1) is 10.2 Å². The number of fused-ring (bicyclic) bond motifs is 1. The lowest BCUT2D eigenvalue weighted by molar-refractivity contribution is -0.116. The third-order valence-corrected chi connectivity index (χ3v) is 5.60. The molecule has 138 valence electrons. The number of nitrogens with one attached hydrogen (secondary N) is 2. The van der Waals surface area contributed by atoms with Crippen LogP contribution in [0.1, 0.15) is 17.4 Å². The minimum Gasteiger partial charge on any atom is -0.495 e. The molecule has 7 nitrogen and oxygen atoms in total. The van der Waals surface area contributed by atoms with Crippen molar-refractivity contribution in [1.82, 2.24) is 14.9 Å². The first-order valence-corrected chi connectivity index (χ1v) is 9.39. The highest BCUT2D eigenvalue weighted by Gasteiger charge is 2.37. The monoisotopic (exact) mass is 381 g/mol. The lowest BCUT2D eigenvalue weighted by Crippen LogP contribution is -2.41. The minimum absolute atomic E-state index is 0.127. The Labute approximate surface area is 161 Å². The molecule has 0 saturated carbocycles. The highest BCUT2D eigenvalue weighted by atomic mass is 32.2. The zero-order valence-corrected chi connectivity index (χ0v) is 15.7. The maximum absolute atomic E-state index is 13.2. The molecule has 1 aliphatic rings. The van der Waals surface area contributed by atoms with Crippen LogP contribution in [0.4, 0.5) is 5.69 Å². The van der Waals surface area contributed by atoms with Crippen molar-refractivity contribution in [3.05, 3.63) is 66.0 Å². The number of rotatable bonds is 4. The average molecular weight is 381 g/mol. The largest absolute Gasteiger partial charge is 0.495 e. The molecule has 2 atom stereocenters. The summed E-state index contributed by atoms with van der Waals surface area (Å²) in [5, 5.41) is 11.5. The van der Waals surface area contributed by atoms with Crippen molar-refractivity contribution >= 4 is 23.4 Å². The molecule has 1 aliphatic heterocycles. The number of aryl methyl sites for hydroxylation is 1. The first kappa shape index (κ1) is 17.4. The summed E-state index contributed by atoms with van der Waals surface area (Å²) < 4.78 is 7.17. The summed E-state index contributed by atoms with van der Waals surface area (Å²) in [5.74, 6) is 1.25. The molecule has 1 amide bonds. The van der Waals surface area contributed by atoms with Crippen LogP contribution in [0.25, 0.3) is 0 Å². The second kappa shape index (κ2) is 7.32. The first-order valence-electron chi connectivity index (χ1n) is 8.51. The molecule has 0 saturated heterocycles. The van der Waals surface area contributed by atoms with Crippen LogP contribution in [0.3, 0.4) is 0 Å². The van der Waals surface area contributed by atoms with E-state index in [9.17, 15) is 4.79 Å². The molecule has 0 radical (unpaired) electrons. The van der Waals surface area contributed by atoms with Gasteiger partial charge in [-0.05, 0) is 24.6 Å². The number of carbonyl (C=O) groups excluding carboxylic acids is 1. The Kier molecular flexibility index (Phi) is 4.72. The summed E-state index contributed by atoms with van der Waals surface area (Å²) >= 11 is 1.40. The van der Waals surface area contributed by atoms with Crippen molar-refractivity contribution in [3.63, 3.8) is 0 Å². The van der Waals surface area contributed by atoms with Crippen LogP contribution < -0.4 is 15.5 Å². The summed E-state index contributed by atoms with van der Waals surface area (Å²) in [6.07, 6.45) is 0. The maximum Gasteiger partial charge on any atom is 0.240 e. The van der Waals surface area contributed by atoms with Gasteiger partial charge in [-0.1, -0.05) is 54.2 Å². The number of methoxy groups -OCH3 is 1. The lowest BCUT2D eigenvalue weighted by Gasteiger charge is -2.32. The molecule has 0 unspecified atom stereocenters. The molecule has 0 spiro atoms. The number of nitrogens with zero attached hydrogens (tertiary/aromatic N) is 3. The summed E-state index contributed by atoms with van der Waals surface area (Å²) in [7, 11) is 1.58. The van der Waals surface area contributed by atoms with Crippen molar-refractivity contribution in [2.75, 3.05) is 17.9 Å². The maximum atomic E-state index is 13.2. The highest BCUT2D eigenvalue weighted by molar-refractivity contribution is 8.00. The van der Waals surface area contributed by atoms with Crippen LogP contribution in [0.2, 0.25) is 0 Å². The Morgan fingerprint density at radius 2 is 1.89 bits per heavy atom. The molecular formula is C19H19N5O2S. The van der Waals surface area contributed by atoms with Crippen molar-refractivity contribution in [3.8, 4) is 5.75 Å². The van der Waals surface area contributed by atoms with Crippen LogP contribution >= 0.6 is 11.8 Å². The fourth-order valence-electron chi connectivity index (χ4n) is 3.02. The number of ether oxygens (including phenoxy) is 1. The number of amides is 1. The predicted molar refractivity (Wildman–Crippen MR) is 105 cm³/mol. The first-order chi connectivity index (χ1) is 13.2. The van der Waals surface area contributed by atoms with E-state index in [4.69, 9.17) is 4.74 Å². The number of para-hydroxylation sites is 2. The van der Waals surface area contributed by atoms with Gasteiger partial charge in [-0.3, -0.25) is 4.79 Å². The molecule has 2 heterocycles. The van der Waals surface area contributed by atoms with Gasteiger partial charge in [0, 0.05) is 0 Å². The predicted octanol–water partition coefficient (Wildman–Crippen LogP) is 2.99. The quantitative estimate of drug-likeness (QED) is 0.723. The Bertz CT molecular complexity index is 960. The molecule has 4 rings (SSSR count). The highest BCUT2D eigenvalue weighted by Crippen LogP contribution is 2.37. The van der Waals surface area contributed by atoms with Crippen LogP contribution in [-0.4, -0.2) is 33.1 Å². The second-order valence-corrected chi connectivity index (χ2v) is 7.22. The van der Waals surface area contributed by atoms with Gasteiger partial charge in [0.15, 0.2) is 0 Å². The van der Waals surface area contributed by atoms with Crippen molar-refractivity contribution in [2.45, 2.75) is 23.4 Å². The number of thioether (sulfide) groups is 1. The molecule has 0 aliphatic carbocycles. The average Bonchev–Trinajstić information content (AvgIpc) is 3.08. The van der Waals surface area contributed by atoms with E-state index in [0.717, 1.165) is 11.4 Å². The molecule has 2 N–H and O–H groups in total. The fraction of sp³-hybridized carbons (Fsp3) is 0.211. The number of carbonyl (C=O) groups is 1. The van der Waals surface area contributed by atoms with E-state index in [1.165, 1.54) is 11.8 Å². The van der Waals surface area contributed by atoms with Gasteiger partial charge in [0.1, 0.15) is 16.8 Å². The zero-order chi connectivity index (χ0) is 18.8. The number of hydrogen-bond donors (Lipinski definition) is 2. The van der Waals surface area contributed by atoms with Gasteiger partial charge < -0.3 is 15.5 Å². The van der Waals surface area contributed by atoms with Crippen molar-refractivity contribution < 1.29 is 9.53 Å². The van der Waals surface area contributed by atoms with Gasteiger partial charge in [0.2, 0.25) is 11.1 Å². The van der Waals surface area contributed by atoms with Crippen LogP contribution in [0, 0.1) is 6.92 Å². The Hall–Kier alpha value is -3.00. The number of aromatic nitrogens is 3. The molecule has 8 heteroatoms. The fourth-order valence-corrected chi connectivity index (χ4v) is 4.15. The lowest BCUT2D eigenvalue weighted by atomic mass is 10.0. The minimum atomic E-state index is -0.423. The van der Waals surface area contributed by atoms with Gasteiger partial charge in [0.05, 0.1) is 18.8 Å². The van der Waals surface area contributed by atoms with Crippen LogP contribution in [0.15, 0.2) is 59.8 Å². The second-order valence-electron chi connectivity index (χ2n) is 6.11. The van der Waals surface area contributed by atoms with Crippen molar-refractivity contribution in [2.24, 2.45) is 0 Å². The molecule has 27 heavy (non-hydrogen) atoms. The van der Waals surface area contributed by atoms with Gasteiger partial charge in [-0.25, -0.2) is 4.68 Å². The van der Waals surface area contributed by atoms with Crippen LogP contribution in [0.5, 0.6) is 5.75 Å². The van der Waals surface area contributed by atoms with E-state index in [1.54, 1.807) is 7.11 Å². The smallest absolute Gasteiger partial charge is 0.240 e. The third kappa shape index (κ3) is 3.35. The number of benzene rings is 2. The molecule has 2 aromatic carbocycles. The van der Waals surface area contributed by atoms with E-state index in [1.807, 2.05) is 66.2 Å². The van der Waals surface area contributed by atoms with E-state index in [2.05, 4.69) is 20.9 Å². The molecular weight excluding hydrogens is 362 g/mol. The zero-order valence-electron chi connectivity index (χ0n) is 14.9. The number of anilines is 1. The van der Waals surface area contributed by atoms with E-state index in [0.29, 0.717) is 16.6 Å².